The molecule has 0 radical (unpaired) electrons. The van der Waals surface area contributed by atoms with Gasteiger partial charge in [-0.15, -0.1) is 0 Å². The first-order chi connectivity index (χ1) is 12.1. The van der Waals surface area contributed by atoms with E-state index in [0.29, 0.717) is 0 Å². The predicted octanol–water partition coefficient (Wildman–Crippen LogP) is 4.06. The van der Waals surface area contributed by atoms with Crippen molar-refractivity contribution in [2.75, 3.05) is 18.8 Å². The minimum absolute atomic E-state index is 0.744. The Morgan fingerprint density at radius 3 is 2.48 bits per heavy atom. The van der Waals surface area contributed by atoms with Gasteiger partial charge in [-0.1, -0.05) is 44.2 Å². The summed E-state index contributed by atoms with van der Waals surface area (Å²) in [6.45, 7) is 7.91. The molecule has 0 bridgehead atoms. The zero-order valence-electron chi connectivity index (χ0n) is 15.0. The van der Waals surface area contributed by atoms with E-state index in [0.717, 1.165) is 54.1 Å². The van der Waals surface area contributed by atoms with Crippen molar-refractivity contribution in [3.63, 3.8) is 0 Å². The quantitative estimate of drug-likeness (QED) is 0.785. The molecule has 2 aromatic heterocycles. The van der Waals surface area contributed by atoms with Crippen molar-refractivity contribution in [2.24, 2.45) is 11.8 Å². The van der Waals surface area contributed by atoms with E-state index < -0.39 is 0 Å². The summed E-state index contributed by atoms with van der Waals surface area (Å²) in [5.41, 5.74) is 11.2. The third kappa shape index (κ3) is 3.27. The second-order valence-corrected chi connectivity index (χ2v) is 7.60. The highest BCUT2D eigenvalue weighted by Crippen LogP contribution is 2.29. The molecule has 1 saturated heterocycles. The van der Waals surface area contributed by atoms with Gasteiger partial charge in [0.1, 0.15) is 5.65 Å². The molecule has 2 N–H and O–H groups in total. The lowest BCUT2D eigenvalue weighted by molar-refractivity contribution is 0.133. The van der Waals surface area contributed by atoms with Crippen molar-refractivity contribution < 1.29 is 0 Å². The number of piperidine rings is 1. The fraction of sp³-hybridized carbons (Fsp3) is 0.381. The lowest BCUT2D eigenvalue weighted by Crippen LogP contribution is -2.38. The van der Waals surface area contributed by atoms with Crippen LogP contribution in [0.3, 0.4) is 0 Å². The van der Waals surface area contributed by atoms with Gasteiger partial charge in [0.2, 0.25) is 0 Å². The van der Waals surface area contributed by atoms with Crippen LogP contribution >= 0.6 is 0 Å². The third-order valence-corrected chi connectivity index (χ3v) is 5.11. The van der Waals surface area contributed by atoms with Gasteiger partial charge in [0, 0.05) is 37.1 Å². The number of nitrogens with two attached hydrogens (primary N) is 1. The average molecular weight is 334 g/mol. The number of pyridine rings is 1. The Balaban J connectivity index is 1.78. The number of benzene rings is 1. The van der Waals surface area contributed by atoms with Gasteiger partial charge in [0.05, 0.1) is 11.4 Å². The first kappa shape index (κ1) is 16.2. The lowest BCUT2D eigenvalue weighted by atomic mass is 9.92. The Bertz CT molecular complexity index is 858. The lowest BCUT2D eigenvalue weighted by Gasteiger charge is -2.35. The zero-order valence-corrected chi connectivity index (χ0v) is 15.0. The summed E-state index contributed by atoms with van der Waals surface area (Å²) < 4.78 is 2.17. The molecule has 3 heterocycles. The van der Waals surface area contributed by atoms with Crippen molar-refractivity contribution in [1.82, 2.24) is 14.3 Å². The Morgan fingerprint density at radius 1 is 1.04 bits per heavy atom. The van der Waals surface area contributed by atoms with Gasteiger partial charge < -0.3 is 10.1 Å². The molecule has 1 aromatic carbocycles. The average Bonchev–Trinajstić information content (AvgIpc) is 2.93. The normalized spacial score (nSPS) is 21.7. The van der Waals surface area contributed by atoms with Crippen molar-refractivity contribution in [1.29, 1.82) is 0 Å². The number of hydrogen-bond donors (Lipinski definition) is 1. The number of fused-ring (bicyclic) bond motifs is 1. The molecule has 1 aliphatic heterocycles. The maximum absolute atomic E-state index is 6.06. The SMILES string of the molecule is CC1CC(C)CN(Cc2c(-c3ccccc3)nc3ccc(N)cn23)C1. The third-order valence-electron chi connectivity index (χ3n) is 5.11. The Kier molecular flexibility index (Phi) is 4.22. The first-order valence-electron chi connectivity index (χ1n) is 9.14. The van der Waals surface area contributed by atoms with Crippen molar-refractivity contribution in [3.05, 3.63) is 54.4 Å². The number of nitrogen functional groups attached to an aromatic ring is 1. The minimum Gasteiger partial charge on any atom is -0.398 e. The summed E-state index contributed by atoms with van der Waals surface area (Å²) in [5, 5.41) is 0. The van der Waals surface area contributed by atoms with Crippen molar-refractivity contribution >= 4 is 11.3 Å². The monoisotopic (exact) mass is 334 g/mol. The van der Waals surface area contributed by atoms with E-state index in [-0.39, 0.29) is 0 Å². The summed E-state index contributed by atoms with van der Waals surface area (Å²) in [5.74, 6) is 1.49. The molecule has 1 aliphatic rings. The fourth-order valence-electron chi connectivity index (χ4n) is 4.22. The molecule has 1 fully saturated rings. The standard InChI is InChI=1S/C21H26N4/c1-15-10-16(2)12-24(11-15)14-19-21(17-6-4-3-5-7-17)23-20-9-8-18(22)13-25(19)20/h3-9,13,15-16H,10-12,14,22H2,1-2H3. The Hall–Kier alpha value is -2.33. The second-order valence-electron chi connectivity index (χ2n) is 7.60. The van der Waals surface area contributed by atoms with Crippen LogP contribution in [0, 0.1) is 11.8 Å². The molecular weight excluding hydrogens is 308 g/mol. The molecule has 0 spiro atoms. The van der Waals surface area contributed by atoms with Crippen LogP contribution in [0.1, 0.15) is 26.0 Å². The van der Waals surface area contributed by atoms with Gasteiger partial charge in [-0.2, -0.15) is 0 Å². The van der Waals surface area contributed by atoms with E-state index in [9.17, 15) is 0 Å². The first-order valence-corrected chi connectivity index (χ1v) is 9.14. The largest absolute Gasteiger partial charge is 0.398 e. The molecule has 130 valence electrons. The van der Waals surface area contributed by atoms with Gasteiger partial charge >= 0.3 is 0 Å². The van der Waals surface area contributed by atoms with E-state index in [1.165, 1.54) is 12.1 Å². The molecule has 2 atom stereocenters. The van der Waals surface area contributed by atoms with Crippen LogP contribution in [0.2, 0.25) is 0 Å². The van der Waals surface area contributed by atoms with Crippen LogP contribution < -0.4 is 5.73 Å². The van der Waals surface area contributed by atoms with E-state index >= 15 is 0 Å². The smallest absolute Gasteiger partial charge is 0.137 e. The van der Waals surface area contributed by atoms with Crippen LogP contribution in [-0.2, 0) is 6.54 Å². The zero-order chi connectivity index (χ0) is 17.4. The van der Waals surface area contributed by atoms with E-state index in [4.69, 9.17) is 10.7 Å². The molecule has 0 aliphatic carbocycles. The second kappa shape index (κ2) is 6.52. The number of rotatable bonds is 3. The highest BCUT2D eigenvalue weighted by Gasteiger charge is 2.24. The van der Waals surface area contributed by atoms with Gasteiger partial charge in [0.25, 0.3) is 0 Å². The number of nitrogens with zero attached hydrogens (tertiary/aromatic N) is 3. The molecule has 4 heteroatoms. The summed E-state index contributed by atoms with van der Waals surface area (Å²) in [6, 6.07) is 14.4. The van der Waals surface area contributed by atoms with Crippen LogP contribution in [0.25, 0.3) is 16.9 Å². The summed E-state index contributed by atoms with van der Waals surface area (Å²) >= 11 is 0. The van der Waals surface area contributed by atoms with E-state index in [1.807, 2.05) is 24.4 Å². The number of anilines is 1. The minimum atomic E-state index is 0.744. The van der Waals surface area contributed by atoms with E-state index in [1.54, 1.807) is 0 Å². The Morgan fingerprint density at radius 2 is 1.76 bits per heavy atom. The summed E-state index contributed by atoms with van der Waals surface area (Å²) in [6.07, 6.45) is 3.32. The maximum Gasteiger partial charge on any atom is 0.137 e. The number of likely N-dealkylation sites (tertiary alicyclic amines) is 1. The molecule has 0 amide bonds. The van der Waals surface area contributed by atoms with Crippen LogP contribution in [0.4, 0.5) is 5.69 Å². The molecular formula is C21H26N4. The molecule has 0 saturated carbocycles. The maximum atomic E-state index is 6.06. The number of aromatic nitrogens is 2. The highest BCUT2D eigenvalue weighted by atomic mass is 15.2. The molecule has 25 heavy (non-hydrogen) atoms. The Labute approximate surface area is 149 Å². The predicted molar refractivity (Wildman–Crippen MR) is 103 cm³/mol. The fourth-order valence-corrected chi connectivity index (χ4v) is 4.22. The number of imidazole rings is 1. The van der Waals surface area contributed by atoms with Crippen LogP contribution in [0.15, 0.2) is 48.7 Å². The highest BCUT2D eigenvalue weighted by molar-refractivity contribution is 5.67. The van der Waals surface area contributed by atoms with Gasteiger partial charge in [-0.3, -0.25) is 4.90 Å². The van der Waals surface area contributed by atoms with Gasteiger partial charge in [-0.05, 0) is 30.4 Å². The summed E-state index contributed by atoms with van der Waals surface area (Å²) in [4.78, 5) is 7.48. The van der Waals surface area contributed by atoms with Crippen LogP contribution in [0.5, 0.6) is 0 Å². The van der Waals surface area contributed by atoms with Crippen molar-refractivity contribution in [2.45, 2.75) is 26.8 Å². The molecule has 4 nitrogen and oxygen atoms in total. The molecule has 3 aromatic rings. The molecule has 4 rings (SSSR count). The van der Waals surface area contributed by atoms with Gasteiger partial charge in [0.15, 0.2) is 0 Å². The van der Waals surface area contributed by atoms with Crippen molar-refractivity contribution in [3.8, 4) is 11.3 Å². The van der Waals surface area contributed by atoms with Gasteiger partial charge in [-0.25, -0.2) is 4.98 Å². The number of hydrogen-bond acceptors (Lipinski definition) is 3. The van der Waals surface area contributed by atoms with E-state index in [2.05, 4.69) is 47.4 Å². The summed E-state index contributed by atoms with van der Waals surface area (Å²) in [7, 11) is 0. The molecule has 2 unspecified atom stereocenters. The van der Waals surface area contributed by atoms with Crippen LogP contribution in [-0.4, -0.2) is 27.4 Å². The topological polar surface area (TPSA) is 46.6 Å².